The summed E-state index contributed by atoms with van der Waals surface area (Å²) in [7, 11) is 1.95. The largest absolute Gasteiger partial charge is 0.336 e. The molecule has 0 aliphatic carbocycles. The van der Waals surface area contributed by atoms with Gasteiger partial charge < -0.3 is 10.2 Å². The number of thiazole rings is 1. The van der Waals surface area contributed by atoms with Gasteiger partial charge in [-0.3, -0.25) is 4.79 Å². The highest BCUT2D eigenvalue weighted by molar-refractivity contribution is 7.09. The summed E-state index contributed by atoms with van der Waals surface area (Å²) in [5, 5.41) is 6.03. The summed E-state index contributed by atoms with van der Waals surface area (Å²) >= 11 is 1.53. The van der Waals surface area contributed by atoms with Gasteiger partial charge in [-0.05, 0) is 26.8 Å². The molecule has 0 spiro atoms. The van der Waals surface area contributed by atoms with E-state index in [4.69, 9.17) is 0 Å². The van der Waals surface area contributed by atoms with Crippen molar-refractivity contribution >= 4 is 17.2 Å². The number of amides is 1. The third-order valence-electron chi connectivity index (χ3n) is 2.95. The highest BCUT2D eigenvalue weighted by atomic mass is 32.1. The first-order valence-electron chi connectivity index (χ1n) is 5.59. The fourth-order valence-corrected chi connectivity index (χ4v) is 2.61. The number of likely N-dealkylation sites (N-methyl/N-ethyl adjacent to an activating group) is 1. The highest BCUT2D eigenvalue weighted by Crippen LogP contribution is 2.15. The second-order valence-corrected chi connectivity index (χ2v) is 5.19. The van der Waals surface area contributed by atoms with Crippen LogP contribution in [0.25, 0.3) is 0 Å². The van der Waals surface area contributed by atoms with Crippen LogP contribution in [-0.4, -0.2) is 42.0 Å². The van der Waals surface area contributed by atoms with Crippen molar-refractivity contribution in [1.82, 2.24) is 15.2 Å². The summed E-state index contributed by atoms with van der Waals surface area (Å²) in [4.78, 5) is 18.3. The summed E-state index contributed by atoms with van der Waals surface area (Å²) < 4.78 is 0. The Bertz CT molecular complexity index is 377. The van der Waals surface area contributed by atoms with Crippen LogP contribution in [-0.2, 0) is 0 Å². The number of hydrogen-bond acceptors (Lipinski definition) is 4. The Balaban J connectivity index is 2.04. The molecule has 1 aliphatic heterocycles. The maximum Gasteiger partial charge on any atom is 0.273 e. The van der Waals surface area contributed by atoms with Crippen LogP contribution >= 0.6 is 11.3 Å². The van der Waals surface area contributed by atoms with Crippen LogP contribution in [0.1, 0.15) is 28.3 Å². The summed E-state index contributed by atoms with van der Waals surface area (Å²) in [5.74, 6) is 0.0734. The molecule has 1 fully saturated rings. The molecule has 4 nitrogen and oxygen atoms in total. The molecule has 1 atom stereocenters. The lowest BCUT2D eigenvalue weighted by atomic mass is 10.1. The van der Waals surface area contributed by atoms with Crippen LogP contribution in [0.5, 0.6) is 0 Å². The first-order valence-corrected chi connectivity index (χ1v) is 6.47. The minimum absolute atomic E-state index is 0.0734. The minimum atomic E-state index is 0.0734. The number of carbonyl (C=O) groups is 1. The predicted octanol–water partition coefficient (Wildman–Crippen LogP) is 1.28. The third-order valence-corrected chi connectivity index (χ3v) is 3.73. The van der Waals surface area contributed by atoms with Crippen LogP contribution in [0, 0.1) is 6.92 Å². The van der Waals surface area contributed by atoms with Crippen molar-refractivity contribution in [2.75, 3.05) is 20.1 Å². The summed E-state index contributed by atoms with van der Waals surface area (Å²) in [6.07, 6.45) is 2.22. The van der Waals surface area contributed by atoms with E-state index in [1.807, 2.05) is 24.3 Å². The Morgan fingerprint density at radius 3 is 3.12 bits per heavy atom. The molecule has 1 saturated heterocycles. The van der Waals surface area contributed by atoms with Gasteiger partial charge in [0.05, 0.1) is 5.01 Å². The average molecular weight is 239 g/mol. The SMILES string of the molecule is CNC1CCCN(C(=O)c2csc(C)n2)C1. The molecule has 88 valence electrons. The summed E-state index contributed by atoms with van der Waals surface area (Å²) in [6, 6.07) is 0.428. The van der Waals surface area contributed by atoms with E-state index in [0.717, 1.165) is 30.9 Å². The zero-order chi connectivity index (χ0) is 11.5. The van der Waals surface area contributed by atoms with Gasteiger partial charge in [-0.1, -0.05) is 0 Å². The van der Waals surface area contributed by atoms with Gasteiger partial charge in [0.15, 0.2) is 0 Å². The Kier molecular flexibility index (Phi) is 3.56. The molecule has 16 heavy (non-hydrogen) atoms. The van der Waals surface area contributed by atoms with Gasteiger partial charge in [-0.25, -0.2) is 4.98 Å². The fourth-order valence-electron chi connectivity index (χ4n) is 2.02. The Hall–Kier alpha value is -0.940. The molecule has 1 N–H and O–H groups in total. The molecule has 1 amide bonds. The molecule has 2 rings (SSSR count). The molecule has 0 saturated carbocycles. The zero-order valence-electron chi connectivity index (χ0n) is 9.69. The van der Waals surface area contributed by atoms with Crippen LogP contribution in [0.15, 0.2) is 5.38 Å². The van der Waals surface area contributed by atoms with E-state index in [0.29, 0.717) is 11.7 Å². The van der Waals surface area contributed by atoms with Gasteiger partial charge in [-0.15, -0.1) is 11.3 Å². The minimum Gasteiger partial charge on any atom is -0.336 e. The lowest BCUT2D eigenvalue weighted by Crippen LogP contribution is -2.47. The second kappa shape index (κ2) is 4.93. The number of aromatic nitrogens is 1. The van der Waals surface area contributed by atoms with Crippen LogP contribution in [0.4, 0.5) is 0 Å². The summed E-state index contributed by atoms with van der Waals surface area (Å²) in [5.41, 5.74) is 0.597. The topological polar surface area (TPSA) is 45.2 Å². The van der Waals surface area contributed by atoms with Gasteiger partial charge in [0.25, 0.3) is 5.91 Å². The number of piperidine rings is 1. The first-order chi connectivity index (χ1) is 7.70. The van der Waals surface area contributed by atoms with E-state index in [9.17, 15) is 4.79 Å². The normalized spacial score (nSPS) is 21.1. The van der Waals surface area contributed by atoms with Crippen LogP contribution in [0.2, 0.25) is 0 Å². The maximum absolute atomic E-state index is 12.1. The van der Waals surface area contributed by atoms with Crippen molar-refractivity contribution in [2.45, 2.75) is 25.8 Å². The second-order valence-electron chi connectivity index (χ2n) is 4.13. The quantitative estimate of drug-likeness (QED) is 0.845. The number of carbonyl (C=O) groups excluding carboxylic acids is 1. The van der Waals surface area contributed by atoms with Gasteiger partial charge >= 0.3 is 0 Å². The van der Waals surface area contributed by atoms with Crippen molar-refractivity contribution in [1.29, 1.82) is 0 Å². The van der Waals surface area contributed by atoms with Crippen molar-refractivity contribution in [3.63, 3.8) is 0 Å². The maximum atomic E-state index is 12.1. The van der Waals surface area contributed by atoms with Gasteiger partial charge in [0, 0.05) is 24.5 Å². The lowest BCUT2D eigenvalue weighted by molar-refractivity contribution is 0.0693. The smallest absolute Gasteiger partial charge is 0.273 e. The van der Waals surface area contributed by atoms with E-state index >= 15 is 0 Å². The molecule has 2 heterocycles. The van der Waals surface area contributed by atoms with E-state index in [1.54, 1.807) is 0 Å². The van der Waals surface area contributed by atoms with Crippen molar-refractivity contribution in [3.8, 4) is 0 Å². The Morgan fingerprint density at radius 1 is 1.69 bits per heavy atom. The van der Waals surface area contributed by atoms with E-state index < -0.39 is 0 Å². The number of rotatable bonds is 2. The Morgan fingerprint density at radius 2 is 2.50 bits per heavy atom. The lowest BCUT2D eigenvalue weighted by Gasteiger charge is -2.32. The molecule has 0 aromatic carbocycles. The number of hydrogen-bond donors (Lipinski definition) is 1. The number of likely N-dealkylation sites (tertiary alicyclic amines) is 1. The predicted molar refractivity (Wildman–Crippen MR) is 64.8 cm³/mol. The van der Waals surface area contributed by atoms with Crippen LogP contribution in [0.3, 0.4) is 0 Å². The van der Waals surface area contributed by atoms with E-state index in [2.05, 4.69) is 10.3 Å². The monoisotopic (exact) mass is 239 g/mol. The van der Waals surface area contributed by atoms with E-state index in [1.165, 1.54) is 11.3 Å². The molecule has 0 radical (unpaired) electrons. The van der Waals surface area contributed by atoms with Crippen molar-refractivity contribution in [2.24, 2.45) is 0 Å². The highest BCUT2D eigenvalue weighted by Gasteiger charge is 2.24. The molecule has 1 aromatic heterocycles. The average Bonchev–Trinajstić information content (AvgIpc) is 2.75. The van der Waals surface area contributed by atoms with E-state index in [-0.39, 0.29) is 5.91 Å². The molecule has 0 bridgehead atoms. The molecular weight excluding hydrogens is 222 g/mol. The number of aryl methyl sites for hydroxylation is 1. The molecular formula is C11H17N3OS. The molecule has 5 heteroatoms. The molecule has 1 unspecified atom stereocenters. The zero-order valence-corrected chi connectivity index (χ0v) is 10.5. The number of nitrogens with one attached hydrogen (secondary N) is 1. The standard InChI is InChI=1S/C11H17N3OS/c1-8-13-10(7-16-8)11(15)14-5-3-4-9(6-14)12-2/h7,9,12H,3-6H2,1-2H3. The third kappa shape index (κ3) is 2.41. The van der Waals surface area contributed by atoms with Gasteiger partial charge in [-0.2, -0.15) is 0 Å². The molecule has 1 aromatic rings. The summed E-state index contributed by atoms with van der Waals surface area (Å²) in [6.45, 7) is 3.58. The Labute approximate surface area is 99.7 Å². The fraction of sp³-hybridized carbons (Fsp3) is 0.636. The first kappa shape index (κ1) is 11.5. The van der Waals surface area contributed by atoms with Gasteiger partial charge in [0.1, 0.15) is 5.69 Å². The number of nitrogens with zero attached hydrogens (tertiary/aromatic N) is 2. The van der Waals surface area contributed by atoms with Gasteiger partial charge in [0.2, 0.25) is 0 Å². The van der Waals surface area contributed by atoms with Crippen molar-refractivity contribution < 1.29 is 4.79 Å². The molecule has 1 aliphatic rings. The van der Waals surface area contributed by atoms with Crippen LogP contribution < -0.4 is 5.32 Å². The van der Waals surface area contributed by atoms with Crippen molar-refractivity contribution in [3.05, 3.63) is 16.1 Å².